The Hall–Kier alpha value is -1.25. The highest BCUT2D eigenvalue weighted by atomic mass is 35.5. The molecule has 0 spiro atoms. The van der Waals surface area contributed by atoms with Gasteiger partial charge in [-0.15, -0.1) is 0 Å². The van der Waals surface area contributed by atoms with Crippen LogP contribution in [-0.2, 0) is 4.79 Å². The molecule has 1 fully saturated rings. The normalized spacial score (nSPS) is 18.2. The molecule has 0 bridgehead atoms. The summed E-state index contributed by atoms with van der Waals surface area (Å²) < 4.78 is 0. The highest BCUT2D eigenvalue weighted by molar-refractivity contribution is 6.43. The van der Waals surface area contributed by atoms with Gasteiger partial charge < -0.3 is 0 Å². The predicted molar refractivity (Wildman–Crippen MR) is 108 cm³/mol. The Kier molecular flexibility index (Phi) is 5.91. The number of carbonyl (C=O) groups excluding carboxylic acids is 1. The number of allylic oxidation sites excluding steroid dienone is 2. The van der Waals surface area contributed by atoms with Crippen LogP contribution in [-0.4, -0.2) is 5.78 Å². The first-order chi connectivity index (χ1) is 12.0. The summed E-state index contributed by atoms with van der Waals surface area (Å²) in [7, 11) is 0. The lowest BCUT2D eigenvalue weighted by Gasteiger charge is -2.17. The van der Waals surface area contributed by atoms with Crippen LogP contribution in [0.1, 0.15) is 30.4 Å². The zero-order chi connectivity index (χ0) is 18.0. The first kappa shape index (κ1) is 18.5. The molecule has 2 aromatic rings. The Morgan fingerprint density at radius 3 is 1.60 bits per heavy atom. The standard InChI is InChI=1S/C20H14Cl4O/c21-16-8-2-4-12(18(16)23)10-14-6-1-7-15(20(14)25)11-13-5-3-9-17(22)19(13)24/h2-5,8-11H,1,6-7H2/b14-10-,15-11-. The van der Waals surface area contributed by atoms with E-state index in [1.807, 2.05) is 36.4 Å². The first-order valence-electron chi connectivity index (χ1n) is 7.81. The van der Waals surface area contributed by atoms with E-state index in [9.17, 15) is 4.79 Å². The largest absolute Gasteiger partial charge is 0.289 e. The van der Waals surface area contributed by atoms with Gasteiger partial charge in [-0.25, -0.2) is 0 Å². The van der Waals surface area contributed by atoms with E-state index >= 15 is 0 Å². The Labute approximate surface area is 166 Å². The zero-order valence-corrected chi connectivity index (χ0v) is 16.2. The fourth-order valence-corrected chi connectivity index (χ4v) is 3.54. The summed E-state index contributed by atoms with van der Waals surface area (Å²) in [5.74, 6) is 0.0123. The molecule has 5 heteroatoms. The van der Waals surface area contributed by atoms with Crippen LogP contribution in [0.5, 0.6) is 0 Å². The van der Waals surface area contributed by atoms with Crippen molar-refractivity contribution in [2.45, 2.75) is 19.3 Å². The molecule has 2 aromatic carbocycles. The van der Waals surface area contributed by atoms with Crippen molar-refractivity contribution in [1.82, 2.24) is 0 Å². The molecule has 1 aliphatic carbocycles. The number of hydrogen-bond donors (Lipinski definition) is 0. The Morgan fingerprint density at radius 2 is 1.16 bits per heavy atom. The van der Waals surface area contributed by atoms with Crippen LogP contribution in [0.25, 0.3) is 12.2 Å². The molecular formula is C20H14Cl4O. The molecule has 3 rings (SSSR count). The quantitative estimate of drug-likeness (QED) is 0.467. The maximum Gasteiger partial charge on any atom is 0.185 e. The molecule has 1 saturated carbocycles. The van der Waals surface area contributed by atoms with E-state index < -0.39 is 0 Å². The number of halogens is 4. The van der Waals surface area contributed by atoms with E-state index in [1.165, 1.54) is 0 Å². The van der Waals surface area contributed by atoms with E-state index in [1.54, 1.807) is 12.1 Å². The molecule has 0 aromatic heterocycles. The summed E-state index contributed by atoms with van der Waals surface area (Å²) in [6.07, 6.45) is 5.95. The average molecular weight is 412 g/mol. The van der Waals surface area contributed by atoms with Gasteiger partial charge in [0.2, 0.25) is 0 Å². The van der Waals surface area contributed by atoms with E-state index in [-0.39, 0.29) is 5.78 Å². The average Bonchev–Trinajstić information content (AvgIpc) is 2.59. The number of Topliss-reactive ketones (excluding diaryl/α,β-unsaturated/α-hetero) is 1. The van der Waals surface area contributed by atoms with Crippen molar-refractivity contribution in [1.29, 1.82) is 0 Å². The van der Waals surface area contributed by atoms with Gasteiger partial charge in [0.1, 0.15) is 0 Å². The summed E-state index contributed by atoms with van der Waals surface area (Å²) >= 11 is 24.6. The van der Waals surface area contributed by atoms with Gasteiger partial charge in [-0.1, -0.05) is 70.7 Å². The van der Waals surface area contributed by atoms with Crippen molar-refractivity contribution in [2.75, 3.05) is 0 Å². The van der Waals surface area contributed by atoms with E-state index in [2.05, 4.69) is 0 Å². The maximum absolute atomic E-state index is 12.8. The number of ketones is 1. The maximum atomic E-state index is 12.8. The number of benzene rings is 2. The summed E-state index contributed by atoms with van der Waals surface area (Å²) in [5, 5.41) is 1.86. The summed E-state index contributed by atoms with van der Waals surface area (Å²) in [6, 6.07) is 10.8. The summed E-state index contributed by atoms with van der Waals surface area (Å²) in [4.78, 5) is 12.8. The van der Waals surface area contributed by atoms with Crippen LogP contribution in [0.15, 0.2) is 47.5 Å². The number of rotatable bonds is 2. The second-order valence-electron chi connectivity index (χ2n) is 5.81. The molecule has 0 atom stereocenters. The third-order valence-corrected chi connectivity index (χ3v) is 5.76. The minimum atomic E-state index is 0.0123. The summed E-state index contributed by atoms with van der Waals surface area (Å²) in [6.45, 7) is 0. The van der Waals surface area contributed by atoms with Crippen molar-refractivity contribution < 1.29 is 4.79 Å². The Balaban J connectivity index is 1.96. The first-order valence-corrected chi connectivity index (χ1v) is 9.32. The van der Waals surface area contributed by atoms with Crippen LogP contribution in [0.3, 0.4) is 0 Å². The van der Waals surface area contributed by atoms with Gasteiger partial charge >= 0.3 is 0 Å². The smallest absolute Gasteiger partial charge is 0.185 e. The molecule has 1 nitrogen and oxygen atoms in total. The molecule has 0 unspecified atom stereocenters. The van der Waals surface area contributed by atoms with Crippen LogP contribution in [0.4, 0.5) is 0 Å². The highest BCUT2D eigenvalue weighted by Crippen LogP contribution is 2.33. The van der Waals surface area contributed by atoms with Crippen molar-refractivity contribution >= 4 is 64.3 Å². The minimum absolute atomic E-state index is 0.0123. The van der Waals surface area contributed by atoms with Crippen molar-refractivity contribution in [2.24, 2.45) is 0 Å². The van der Waals surface area contributed by atoms with Crippen LogP contribution >= 0.6 is 46.4 Å². The molecule has 128 valence electrons. The number of hydrogen-bond acceptors (Lipinski definition) is 1. The molecule has 0 saturated heterocycles. The van der Waals surface area contributed by atoms with Crippen LogP contribution < -0.4 is 0 Å². The van der Waals surface area contributed by atoms with Crippen LogP contribution in [0, 0.1) is 0 Å². The van der Waals surface area contributed by atoms with Crippen molar-refractivity contribution in [3.63, 3.8) is 0 Å². The third kappa shape index (κ3) is 4.12. The molecule has 0 aliphatic heterocycles. The van der Waals surface area contributed by atoms with Gasteiger partial charge in [-0.2, -0.15) is 0 Å². The third-order valence-electron chi connectivity index (χ3n) is 4.10. The molecule has 0 heterocycles. The van der Waals surface area contributed by atoms with E-state index in [0.717, 1.165) is 28.7 Å². The van der Waals surface area contributed by atoms with Gasteiger partial charge in [0.15, 0.2) is 5.78 Å². The predicted octanol–water partition coefficient (Wildman–Crippen LogP) is 7.52. The lowest BCUT2D eigenvalue weighted by Crippen LogP contribution is -2.12. The monoisotopic (exact) mass is 410 g/mol. The van der Waals surface area contributed by atoms with Gasteiger partial charge in [-0.05, 0) is 54.7 Å². The SMILES string of the molecule is O=C1/C(=C\c2cccc(Cl)c2Cl)CCC/C1=C/c1cccc(Cl)c1Cl. The molecule has 0 radical (unpaired) electrons. The number of carbonyl (C=O) groups is 1. The lowest BCUT2D eigenvalue weighted by atomic mass is 9.87. The second-order valence-corrected chi connectivity index (χ2v) is 7.38. The topological polar surface area (TPSA) is 17.1 Å². The van der Waals surface area contributed by atoms with Gasteiger partial charge in [0, 0.05) is 11.1 Å². The van der Waals surface area contributed by atoms with Crippen molar-refractivity contribution in [3.05, 3.63) is 78.8 Å². The summed E-state index contributed by atoms with van der Waals surface area (Å²) in [5.41, 5.74) is 2.94. The van der Waals surface area contributed by atoms with Gasteiger partial charge in [-0.3, -0.25) is 4.79 Å². The van der Waals surface area contributed by atoms with E-state index in [0.29, 0.717) is 32.9 Å². The van der Waals surface area contributed by atoms with Gasteiger partial charge in [0.25, 0.3) is 0 Å². The van der Waals surface area contributed by atoms with Gasteiger partial charge in [0.05, 0.1) is 20.1 Å². The van der Waals surface area contributed by atoms with Crippen molar-refractivity contribution in [3.8, 4) is 0 Å². The second kappa shape index (κ2) is 7.97. The molecular weight excluding hydrogens is 398 g/mol. The molecule has 0 N–H and O–H groups in total. The zero-order valence-electron chi connectivity index (χ0n) is 13.2. The van der Waals surface area contributed by atoms with E-state index in [4.69, 9.17) is 46.4 Å². The molecule has 0 amide bonds. The highest BCUT2D eigenvalue weighted by Gasteiger charge is 2.21. The fraction of sp³-hybridized carbons (Fsp3) is 0.150. The van der Waals surface area contributed by atoms with Crippen LogP contribution in [0.2, 0.25) is 20.1 Å². The Bertz CT molecular complexity index is 825. The molecule has 1 aliphatic rings. The fourth-order valence-electron chi connectivity index (χ4n) is 2.82. The minimum Gasteiger partial charge on any atom is -0.289 e. The Morgan fingerprint density at radius 1 is 0.720 bits per heavy atom. The lowest BCUT2D eigenvalue weighted by molar-refractivity contribution is -0.112. The molecule has 25 heavy (non-hydrogen) atoms.